The molecule has 230 valence electrons. The molecular weight excluding hydrogens is 618 g/mol. The quantitative estimate of drug-likeness (QED) is 0.303. The third-order valence-electron chi connectivity index (χ3n) is 7.95. The molecule has 17 heteroatoms. The number of nitrogens with zero attached hydrogens (tertiary/aromatic N) is 2. The number of aromatic carboxylic acids is 1. The molecule has 1 aliphatic carbocycles. The van der Waals surface area contributed by atoms with Gasteiger partial charge in [-0.1, -0.05) is 18.2 Å². The maximum absolute atomic E-state index is 14.9. The Balaban J connectivity index is 1.68. The highest BCUT2D eigenvalue weighted by molar-refractivity contribution is 7.92. The number of amides is 1. The number of carboxylic acid groups (broad SMARTS) is 1. The molecule has 2 aliphatic rings. The lowest BCUT2D eigenvalue weighted by Gasteiger charge is -2.40. The SMILES string of the molecule is O=C(O)c1cc(C(=O)N2CC3CCc4cc(C(F)(C(F)(F)F)C(F)(F)F)ccc4C3(S(=O)(=O)c3ccc(F)cc3)C2)n[nH]1. The molecule has 1 saturated heterocycles. The van der Waals surface area contributed by atoms with Crippen LogP contribution in [0.1, 0.15) is 44.1 Å². The minimum Gasteiger partial charge on any atom is -0.477 e. The van der Waals surface area contributed by atoms with E-state index in [0.29, 0.717) is 12.1 Å². The molecule has 43 heavy (non-hydrogen) atoms. The first-order valence-corrected chi connectivity index (χ1v) is 13.9. The molecule has 3 aromatic rings. The minimum absolute atomic E-state index is 0.154. The van der Waals surface area contributed by atoms with Crippen molar-refractivity contribution in [2.24, 2.45) is 5.92 Å². The molecule has 1 amide bonds. The summed E-state index contributed by atoms with van der Waals surface area (Å²) in [4.78, 5) is 25.1. The molecule has 8 nitrogen and oxygen atoms in total. The number of fused-ring (bicyclic) bond motifs is 3. The third-order valence-corrected chi connectivity index (χ3v) is 10.5. The Morgan fingerprint density at radius 2 is 1.60 bits per heavy atom. The van der Waals surface area contributed by atoms with E-state index in [2.05, 4.69) is 10.2 Å². The summed E-state index contributed by atoms with van der Waals surface area (Å²) >= 11 is 0. The summed E-state index contributed by atoms with van der Waals surface area (Å²) in [6, 6.07) is 5.69. The summed E-state index contributed by atoms with van der Waals surface area (Å²) in [6.45, 7) is -0.939. The molecule has 0 bridgehead atoms. The second-order valence-electron chi connectivity index (χ2n) is 10.3. The largest absolute Gasteiger partial charge is 0.477 e. The zero-order valence-corrected chi connectivity index (χ0v) is 22.2. The first kappa shape index (κ1) is 30.4. The number of carboxylic acids is 1. The van der Waals surface area contributed by atoms with Crippen LogP contribution in [0.15, 0.2) is 53.4 Å². The molecule has 1 aromatic heterocycles. The van der Waals surface area contributed by atoms with Gasteiger partial charge in [-0.05, 0) is 48.2 Å². The van der Waals surface area contributed by atoms with Gasteiger partial charge in [0.1, 0.15) is 16.3 Å². The normalized spacial score (nSPS) is 20.9. The van der Waals surface area contributed by atoms with Crippen LogP contribution < -0.4 is 0 Å². The van der Waals surface area contributed by atoms with Gasteiger partial charge in [-0.3, -0.25) is 9.89 Å². The van der Waals surface area contributed by atoms with E-state index in [1.807, 2.05) is 0 Å². The van der Waals surface area contributed by atoms with Crippen LogP contribution in [0.25, 0.3) is 0 Å². The summed E-state index contributed by atoms with van der Waals surface area (Å²) < 4.78 is 136. The van der Waals surface area contributed by atoms with E-state index in [0.717, 1.165) is 35.2 Å². The van der Waals surface area contributed by atoms with Crippen LogP contribution in [-0.2, 0) is 26.7 Å². The molecule has 2 N–H and O–H groups in total. The Morgan fingerprint density at radius 1 is 0.977 bits per heavy atom. The van der Waals surface area contributed by atoms with Crippen LogP contribution in [0.3, 0.4) is 0 Å². The number of nitrogens with one attached hydrogen (secondary N) is 1. The van der Waals surface area contributed by atoms with Crippen molar-refractivity contribution in [3.8, 4) is 0 Å². The molecular formula is C26H19F8N3O5S. The van der Waals surface area contributed by atoms with Crippen molar-refractivity contribution >= 4 is 21.7 Å². The van der Waals surface area contributed by atoms with E-state index in [1.165, 1.54) is 0 Å². The smallest absolute Gasteiger partial charge is 0.435 e. The lowest BCUT2D eigenvalue weighted by Crippen LogP contribution is -2.51. The maximum Gasteiger partial charge on any atom is 0.435 e. The van der Waals surface area contributed by atoms with Gasteiger partial charge < -0.3 is 10.0 Å². The van der Waals surface area contributed by atoms with Crippen LogP contribution in [0.2, 0.25) is 0 Å². The zero-order valence-electron chi connectivity index (χ0n) is 21.4. The highest BCUT2D eigenvalue weighted by atomic mass is 32.2. The van der Waals surface area contributed by atoms with Crippen LogP contribution >= 0.6 is 0 Å². The Kier molecular flexibility index (Phi) is 6.90. The number of rotatable bonds is 5. The van der Waals surface area contributed by atoms with E-state index in [-0.39, 0.29) is 36.6 Å². The first-order valence-electron chi connectivity index (χ1n) is 12.4. The predicted octanol–water partition coefficient (Wildman–Crippen LogP) is 4.92. The third kappa shape index (κ3) is 4.46. The number of hydrogen-bond acceptors (Lipinski definition) is 5. The number of benzene rings is 2. The monoisotopic (exact) mass is 637 g/mol. The van der Waals surface area contributed by atoms with Crippen molar-refractivity contribution in [2.45, 2.75) is 40.5 Å². The van der Waals surface area contributed by atoms with Crippen LogP contribution in [0.4, 0.5) is 35.1 Å². The summed E-state index contributed by atoms with van der Waals surface area (Å²) in [7, 11) is -4.67. The van der Waals surface area contributed by atoms with E-state index < -0.39 is 84.6 Å². The van der Waals surface area contributed by atoms with Crippen molar-refractivity contribution in [1.29, 1.82) is 0 Å². The average Bonchev–Trinajstić information content (AvgIpc) is 3.58. The first-order chi connectivity index (χ1) is 19.8. The van der Waals surface area contributed by atoms with Crippen molar-refractivity contribution < 1.29 is 58.2 Å². The van der Waals surface area contributed by atoms with Crippen LogP contribution in [0.5, 0.6) is 0 Å². The minimum atomic E-state index is -6.40. The van der Waals surface area contributed by atoms with Gasteiger partial charge in [0.25, 0.3) is 5.91 Å². The lowest BCUT2D eigenvalue weighted by molar-refractivity contribution is -0.348. The molecule has 0 spiro atoms. The van der Waals surface area contributed by atoms with Gasteiger partial charge in [0.2, 0.25) is 0 Å². The second-order valence-corrected chi connectivity index (χ2v) is 12.5. The number of alkyl halides is 7. The highest BCUT2D eigenvalue weighted by Gasteiger charge is 2.73. The maximum atomic E-state index is 14.9. The Hall–Kier alpha value is -4.02. The molecule has 2 aromatic carbocycles. The number of carbonyl (C=O) groups is 2. The molecule has 1 aliphatic heterocycles. The average molecular weight is 638 g/mol. The molecule has 2 heterocycles. The number of likely N-dealkylation sites (tertiary alicyclic amines) is 1. The summed E-state index contributed by atoms with van der Waals surface area (Å²) in [5.41, 5.74) is -8.94. The van der Waals surface area contributed by atoms with Crippen LogP contribution in [0, 0.1) is 11.7 Å². The fourth-order valence-corrected chi connectivity index (χ4v) is 8.26. The molecule has 2 unspecified atom stereocenters. The molecule has 2 atom stereocenters. The van der Waals surface area contributed by atoms with E-state index in [9.17, 15) is 53.1 Å². The number of H-pyrrole nitrogens is 1. The Labute approximate surface area is 237 Å². The highest BCUT2D eigenvalue weighted by Crippen LogP contribution is 2.56. The van der Waals surface area contributed by atoms with Crippen LogP contribution in [-0.4, -0.2) is 65.9 Å². The number of sulfone groups is 1. The number of aryl methyl sites for hydroxylation is 1. The van der Waals surface area contributed by atoms with Gasteiger partial charge in [-0.15, -0.1) is 0 Å². The van der Waals surface area contributed by atoms with Gasteiger partial charge in [-0.2, -0.15) is 31.4 Å². The predicted molar refractivity (Wildman–Crippen MR) is 130 cm³/mol. The van der Waals surface area contributed by atoms with E-state index in [1.54, 1.807) is 0 Å². The summed E-state index contributed by atoms with van der Waals surface area (Å²) in [5.74, 6) is -4.11. The van der Waals surface area contributed by atoms with Crippen molar-refractivity contribution in [2.75, 3.05) is 13.1 Å². The topological polar surface area (TPSA) is 120 Å². The summed E-state index contributed by atoms with van der Waals surface area (Å²) in [5, 5.41) is 14.9. The molecule has 0 radical (unpaired) electrons. The van der Waals surface area contributed by atoms with Gasteiger partial charge in [0.05, 0.1) is 4.90 Å². The zero-order chi connectivity index (χ0) is 31.8. The molecule has 5 rings (SSSR count). The Bertz CT molecular complexity index is 1710. The number of hydrogen-bond donors (Lipinski definition) is 2. The Morgan fingerprint density at radius 3 is 2.16 bits per heavy atom. The molecule has 0 saturated carbocycles. The van der Waals surface area contributed by atoms with E-state index >= 15 is 0 Å². The van der Waals surface area contributed by atoms with Crippen molar-refractivity contribution in [1.82, 2.24) is 15.1 Å². The fraction of sp³-hybridized carbons (Fsp3) is 0.346. The van der Waals surface area contributed by atoms with Gasteiger partial charge >= 0.3 is 24.0 Å². The lowest BCUT2D eigenvalue weighted by atomic mass is 9.75. The van der Waals surface area contributed by atoms with Gasteiger partial charge in [-0.25, -0.2) is 22.0 Å². The van der Waals surface area contributed by atoms with E-state index in [4.69, 9.17) is 5.11 Å². The second kappa shape index (κ2) is 9.75. The molecule has 1 fully saturated rings. The number of aromatic amines is 1. The van der Waals surface area contributed by atoms with Crippen molar-refractivity contribution in [3.05, 3.63) is 82.4 Å². The number of halogens is 8. The number of carbonyl (C=O) groups excluding carboxylic acids is 1. The standard InChI is InChI=1S/C26H19F8N3O5S/c27-16-4-6-17(7-5-16)43(41,42)23-12-37(21(38)19-10-20(22(39)40)36-35-19)11-15(23)2-1-13-9-14(3-8-18(13)23)24(28,25(29,30)31)26(32,33)34/h3-10,15H,1-2,11-12H2,(H,35,36)(H,39,40). The van der Waals surface area contributed by atoms with Gasteiger partial charge in [0, 0.05) is 30.6 Å². The fourth-order valence-electron chi connectivity index (χ4n) is 5.90. The summed E-state index contributed by atoms with van der Waals surface area (Å²) in [6.07, 6.45) is -13.2. The van der Waals surface area contributed by atoms with Gasteiger partial charge in [0.15, 0.2) is 15.5 Å². The number of aromatic nitrogens is 2. The van der Waals surface area contributed by atoms with Crippen molar-refractivity contribution in [3.63, 3.8) is 0 Å².